The van der Waals surface area contributed by atoms with Gasteiger partial charge < -0.3 is 4.43 Å². The van der Waals surface area contributed by atoms with Crippen molar-refractivity contribution in [1.29, 1.82) is 0 Å². The highest BCUT2D eigenvalue weighted by Crippen LogP contribution is 2.36. The monoisotopic (exact) mass is 393 g/mol. The summed E-state index contributed by atoms with van der Waals surface area (Å²) < 4.78 is 14.9. The van der Waals surface area contributed by atoms with Crippen molar-refractivity contribution in [3.63, 3.8) is 0 Å². The fraction of sp³-hybridized carbons (Fsp3) is 0.385. The number of rotatable bonds is 8. The Bertz CT molecular complexity index is 789. The summed E-state index contributed by atoms with van der Waals surface area (Å²) in [5.41, 5.74) is 2.38. The Labute approximate surface area is 174 Å². The summed E-state index contributed by atoms with van der Waals surface area (Å²) in [5, 5.41) is 2.61. The summed E-state index contributed by atoms with van der Waals surface area (Å²) in [4.78, 5) is 0. The van der Waals surface area contributed by atoms with E-state index in [1.165, 1.54) is 15.9 Å². The van der Waals surface area contributed by atoms with Gasteiger partial charge in [0.25, 0.3) is 8.32 Å². The van der Waals surface area contributed by atoms with Crippen LogP contribution in [0.5, 0.6) is 0 Å². The molecular formula is C26H36OSi. The zero-order valence-electron chi connectivity index (χ0n) is 19.4. The lowest BCUT2D eigenvalue weighted by Crippen LogP contribution is -2.66. The van der Waals surface area contributed by atoms with Gasteiger partial charge >= 0.3 is 0 Å². The first kappa shape index (κ1) is 20.8. The molecule has 0 saturated carbocycles. The Kier molecular flexibility index (Phi) is 7.47. The van der Waals surface area contributed by atoms with Gasteiger partial charge in [-0.2, -0.15) is 0 Å². The van der Waals surface area contributed by atoms with E-state index in [2.05, 4.69) is 94.4 Å². The average Bonchev–Trinajstić information content (AvgIpc) is 2.69. The topological polar surface area (TPSA) is 9.23 Å². The predicted octanol–water partition coefficient (Wildman–Crippen LogP) is 6.26. The van der Waals surface area contributed by atoms with E-state index in [0.29, 0.717) is 6.61 Å². The summed E-state index contributed by atoms with van der Waals surface area (Å²) in [7, 11) is -2.47. The molecule has 0 heterocycles. The standard InChI is InChI=1S/C26H36OSi/c1-22(2)14-13-15-23(3)20-21-27-28(26(4,5)6,24-16-9-7-10-17-24)25-18-11-8-12-19-25/h7-12,14,16-20H,13,15,21H2,1-6H3/b23-20+/i14D. The number of benzene rings is 2. The van der Waals surface area contributed by atoms with Crippen molar-refractivity contribution >= 4 is 18.7 Å². The van der Waals surface area contributed by atoms with Crippen LogP contribution in [0.25, 0.3) is 0 Å². The fourth-order valence-electron chi connectivity index (χ4n) is 3.68. The molecule has 0 saturated heterocycles. The summed E-state index contributed by atoms with van der Waals surface area (Å²) >= 11 is 0. The van der Waals surface area contributed by atoms with E-state index in [0.717, 1.165) is 24.5 Å². The molecule has 0 spiro atoms. The third-order valence-corrected chi connectivity index (χ3v) is 10.2. The van der Waals surface area contributed by atoms with E-state index in [9.17, 15) is 0 Å². The zero-order chi connectivity index (χ0) is 21.5. The van der Waals surface area contributed by atoms with E-state index in [1.54, 1.807) is 0 Å². The van der Waals surface area contributed by atoms with E-state index in [4.69, 9.17) is 5.80 Å². The van der Waals surface area contributed by atoms with Gasteiger partial charge in [0.05, 0.1) is 7.98 Å². The minimum atomic E-state index is -2.47. The molecule has 0 unspecified atom stereocenters. The molecule has 0 atom stereocenters. The molecule has 0 N–H and O–H groups in total. The summed E-state index contributed by atoms with van der Waals surface area (Å²) in [6.07, 6.45) is 3.91. The Balaban J connectivity index is 2.34. The van der Waals surface area contributed by atoms with E-state index in [1.807, 2.05) is 13.8 Å². The normalized spacial score (nSPS) is 13.2. The maximum atomic E-state index is 8.03. The van der Waals surface area contributed by atoms with Crippen molar-refractivity contribution < 1.29 is 5.80 Å². The molecule has 0 aliphatic heterocycles. The smallest absolute Gasteiger partial charge is 0.261 e. The van der Waals surface area contributed by atoms with Crippen molar-refractivity contribution in [2.45, 2.75) is 59.4 Å². The van der Waals surface area contributed by atoms with Gasteiger partial charge in [-0.15, -0.1) is 0 Å². The van der Waals surface area contributed by atoms with Crippen LogP contribution in [0.1, 0.15) is 55.8 Å². The molecule has 2 aromatic carbocycles. The lowest BCUT2D eigenvalue weighted by atomic mass is 10.1. The average molecular weight is 394 g/mol. The molecule has 1 nitrogen and oxygen atoms in total. The molecule has 0 amide bonds. The molecule has 0 bridgehead atoms. The predicted molar refractivity (Wildman–Crippen MR) is 126 cm³/mol. The highest BCUT2D eigenvalue weighted by atomic mass is 28.4. The summed E-state index contributed by atoms with van der Waals surface area (Å²) in [5.74, 6) is 0. The van der Waals surface area contributed by atoms with Gasteiger partial charge in [0.1, 0.15) is 0 Å². The van der Waals surface area contributed by atoms with Gasteiger partial charge in [0.2, 0.25) is 0 Å². The third-order valence-electron chi connectivity index (χ3n) is 5.15. The van der Waals surface area contributed by atoms with Gasteiger partial charge in [-0.3, -0.25) is 0 Å². The first-order valence-corrected chi connectivity index (χ1v) is 12.1. The number of allylic oxidation sites excluding steroid dienone is 3. The number of hydrogen-bond acceptors (Lipinski definition) is 1. The highest BCUT2D eigenvalue weighted by molar-refractivity contribution is 6.99. The largest absolute Gasteiger partial charge is 0.404 e. The molecule has 2 aromatic rings. The van der Waals surface area contributed by atoms with Gasteiger partial charge in [-0.1, -0.05) is 105 Å². The van der Waals surface area contributed by atoms with Crippen molar-refractivity contribution in [3.05, 3.63) is 83.9 Å². The molecule has 0 aromatic heterocycles. The van der Waals surface area contributed by atoms with E-state index < -0.39 is 8.32 Å². The molecule has 0 radical (unpaired) electrons. The molecule has 28 heavy (non-hydrogen) atoms. The minimum Gasteiger partial charge on any atom is -0.404 e. The molecule has 0 fully saturated rings. The second kappa shape index (κ2) is 10.0. The van der Waals surface area contributed by atoms with Gasteiger partial charge in [-0.25, -0.2) is 0 Å². The van der Waals surface area contributed by atoms with Crippen molar-refractivity contribution in [2.24, 2.45) is 0 Å². The minimum absolute atomic E-state index is 0.00609. The van der Waals surface area contributed by atoms with Crippen molar-refractivity contribution in [2.75, 3.05) is 6.61 Å². The Morgan fingerprint density at radius 2 is 1.43 bits per heavy atom. The molecule has 0 aliphatic carbocycles. The first-order chi connectivity index (χ1) is 13.7. The lowest BCUT2D eigenvalue weighted by Gasteiger charge is -2.42. The Hall–Kier alpha value is -1.90. The Morgan fingerprint density at radius 1 is 0.929 bits per heavy atom. The van der Waals surface area contributed by atoms with Crippen LogP contribution in [0, 0.1) is 0 Å². The van der Waals surface area contributed by atoms with Crippen LogP contribution in [0.2, 0.25) is 5.04 Å². The first-order valence-electron chi connectivity index (χ1n) is 10.7. The highest BCUT2D eigenvalue weighted by Gasteiger charge is 2.49. The molecule has 0 aliphatic rings. The second-order valence-electron chi connectivity index (χ2n) is 8.70. The van der Waals surface area contributed by atoms with Crippen LogP contribution in [0.3, 0.4) is 0 Å². The van der Waals surface area contributed by atoms with Crippen LogP contribution in [-0.4, -0.2) is 14.9 Å². The lowest BCUT2D eigenvalue weighted by molar-refractivity contribution is 0.338. The Morgan fingerprint density at radius 3 is 1.86 bits per heavy atom. The quantitative estimate of drug-likeness (QED) is 0.380. The molecule has 150 valence electrons. The van der Waals surface area contributed by atoms with Gasteiger partial charge in [-0.05, 0) is 49.0 Å². The van der Waals surface area contributed by atoms with Crippen molar-refractivity contribution in [3.8, 4) is 0 Å². The third kappa shape index (κ3) is 5.56. The maximum Gasteiger partial charge on any atom is 0.261 e. The van der Waals surface area contributed by atoms with Gasteiger partial charge in [0.15, 0.2) is 0 Å². The van der Waals surface area contributed by atoms with Gasteiger partial charge in [0, 0.05) is 0 Å². The molecule has 2 heteroatoms. The second-order valence-corrected chi connectivity index (χ2v) is 13.0. The summed E-state index contributed by atoms with van der Waals surface area (Å²) in [6, 6.07) is 22.2. The zero-order valence-corrected chi connectivity index (χ0v) is 19.4. The molecular weight excluding hydrogens is 356 g/mol. The van der Waals surface area contributed by atoms with Crippen molar-refractivity contribution in [1.82, 2.24) is 0 Å². The molecule has 2 rings (SSSR count). The van der Waals surface area contributed by atoms with E-state index >= 15 is 0 Å². The number of hydrogen-bond donors (Lipinski definition) is 0. The van der Waals surface area contributed by atoms with Crippen LogP contribution in [0.4, 0.5) is 0 Å². The van der Waals surface area contributed by atoms with E-state index in [-0.39, 0.29) is 5.04 Å². The fourth-order valence-corrected chi connectivity index (χ4v) is 8.17. The van der Waals surface area contributed by atoms with Crippen LogP contribution < -0.4 is 10.4 Å². The van der Waals surface area contributed by atoms with Crippen LogP contribution >= 0.6 is 0 Å². The van der Waals surface area contributed by atoms with Crippen LogP contribution in [-0.2, 0) is 4.43 Å². The maximum absolute atomic E-state index is 8.03. The summed E-state index contributed by atoms with van der Waals surface area (Å²) in [6.45, 7) is 13.7. The van der Waals surface area contributed by atoms with Crippen LogP contribution in [0.15, 0.2) is 83.9 Å². The SMILES string of the molecule is [2H]C(CC/C(C)=C/CO[Si](c1ccccc1)(c1ccccc1)C(C)(C)C)=C(C)C.